The molecule has 5 nitrogen and oxygen atoms in total. The van der Waals surface area contributed by atoms with Gasteiger partial charge in [-0.1, -0.05) is 41.9 Å². The van der Waals surface area contributed by atoms with Gasteiger partial charge in [0.25, 0.3) is 0 Å². The first-order chi connectivity index (χ1) is 14.6. The van der Waals surface area contributed by atoms with Crippen LogP contribution in [-0.4, -0.2) is 25.0 Å². The zero-order valence-corrected chi connectivity index (χ0v) is 17.6. The lowest BCUT2D eigenvalue weighted by atomic mass is 9.93. The normalized spacial score (nSPS) is 18.6. The minimum Gasteiger partial charge on any atom is -0.507 e. The number of hydrogen-bond donors (Lipinski definition) is 2. The number of phenolic OH excluding ortho intramolecular Hbond substituents is 1. The fraction of sp³-hybridized carbons (Fsp3) is 0.208. The summed E-state index contributed by atoms with van der Waals surface area (Å²) in [6, 6.07) is 21.1. The lowest BCUT2D eigenvalue weighted by molar-refractivity contribution is -0.735. The van der Waals surface area contributed by atoms with Crippen molar-refractivity contribution >= 4 is 17.3 Å². The minimum atomic E-state index is -0.197. The van der Waals surface area contributed by atoms with Gasteiger partial charge in [0, 0.05) is 17.0 Å². The molecule has 1 aliphatic heterocycles. The predicted molar refractivity (Wildman–Crippen MR) is 118 cm³/mol. The third-order valence-electron chi connectivity index (χ3n) is 5.37. The van der Waals surface area contributed by atoms with Crippen LogP contribution >= 0.6 is 11.6 Å². The number of aromatic hydroxyl groups is 1. The molecule has 3 N–H and O–H groups in total. The number of methoxy groups -OCH3 is 2. The molecule has 0 unspecified atom stereocenters. The summed E-state index contributed by atoms with van der Waals surface area (Å²) in [5.41, 5.74) is 3.86. The molecule has 4 rings (SSSR count). The molecule has 0 radical (unpaired) electrons. The number of quaternary nitrogens is 1. The van der Waals surface area contributed by atoms with E-state index in [0.717, 1.165) is 22.4 Å². The molecule has 3 aromatic carbocycles. The van der Waals surface area contributed by atoms with Crippen LogP contribution in [0.1, 0.15) is 35.3 Å². The third kappa shape index (κ3) is 4.13. The van der Waals surface area contributed by atoms with Gasteiger partial charge < -0.3 is 19.9 Å². The number of ether oxygens (including phenoxy) is 2. The van der Waals surface area contributed by atoms with Gasteiger partial charge >= 0.3 is 0 Å². The van der Waals surface area contributed by atoms with Gasteiger partial charge in [-0.05, 0) is 42.0 Å². The molecule has 0 aliphatic carbocycles. The Balaban J connectivity index is 1.77. The zero-order chi connectivity index (χ0) is 21.1. The highest BCUT2D eigenvalue weighted by molar-refractivity contribution is 6.30. The van der Waals surface area contributed by atoms with Crippen molar-refractivity contribution in [2.75, 3.05) is 14.2 Å². The molecule has 154 valence electrons. The van der Waals surface area contributed by atoms with E-state index in [2.05, 4.69) is 17.4 Å². The van der Waals surface area contributed by atoms with Gasteiger partial charge in [-0.25, -0.2) is 4.99 Å². The van der Waals surface area contributed by atoms with Crippen molar-refractivity contribution < 1.29 is 19.9 Å². The number of hydrogen-bond acceptors (Lipinski definition) is 4. The molecule has 0 saturated carbocycles. The van der Waals surface area contributed by atoms with E-state index in [1.165, 1.54) is 0 Å². The largest absolute Gasteiger partial charge is 0.507 e. The monoisotopic (exact) mass is 423 g/mol. The van der Waals surface area contributed by atoms with Crippen molar-refractivity contribution in [3.63, 3.8) is 0 Å². The second-order valence-electron chi connectivity index (χ2n) is 7.21. The SMILES string of the molecule is COc1ccc([C@@H]2N=C(c3ccccc3)C[C@H](c3cc(Cl)ccc3O)[NH2+]2)cc1OC. The van der Waals surface area contributed by atoms with Crippen molar-refractivity contribution in [3.8, 4) is 17.2 Å². The van der Waals surface area contributed by atoms with Gasteiger partial charge in [-0.15, -0.1) is 0 Å². The Kier molecular flexibility index (Phi) is 5.93. The van der Waals surface area contributed by atoms with E-state index in [1.807, 2.05) is 42.5 Å². The van der Waals surface area contributed by atoms with Crippen LogP contribution in [0.2, 0.25) is 5.02 Å². The summed E-state index contributed by atoms with van der Waals surface area (Å²) in [7, 11) is 3.24. The van der Waals surface area contributed by atoms with Crippen molar-refractivity contribution in [2.24, 2.45) is 4.99 Å². The Morgan fingerprint density at radius 3 is 2.47 bits per heavy atom. The van der Waals surface area contributed by atoms with E-state index < -0.39 is 0 Å². The van der Waals surface area contributed by atoms with Crippen LogP contribution < -0.4 is 14.8 Å². The number of benzene rings is 3. The van der Waals surface area contributed by atoms with Crippen LogP contribution in [0.3, 0.4) is 0 Å². The summed E-state index contributed by atoms with van der Waals surface area (Å²) in [4.78, 5) is 5.03. The quantitative estimate of drug-likeness (QED) is 0.644. The molecule has 2 atom stereocenters. The van der Waals surface area contributed by atoms with Crippen LogP contribution in [0.15, 0.2) is 71.7 Å². The summed E-state index contributed by atoms with van der Waals surface area (Å²) < 4.78 is 10.9. The maximum absolute atomic E-state index is 10.5. The van der Waals surface area contributed by atoms with E-state index in [1.54, 1.807) is 26.4 Å². The second kappa shape index (κ2) is 8.78. The molecule has 1 aliphatic rings. The standard InChI is InChI=1S/C24H23ClN2O3/c1-29-22-11-8-16(12-23(22)30-2)24-26-19(15-6-4-3-5-7-15)14-20(27-24)18-13-17(25)9-10-21(18)28/h3-13,20,24,27-28H,14H2,1-2H3/p+1/t20-,24-/m1/s1. The Hall–Kier alpha value is -3.02. The zero-order valence-electron chi connectivity index (χ0n) is 16.9. The lowest BCUT2D eigenvalue weighted by Gasteiger charge is -2.28. The van der Waals surface area contributed by atoms with E-state index in [-0.39, 0.29) is 18.0 Å². The minimum absolute atomic E-state index is 0.0329. The highest BCUT2D eigenvalue weighted by Gasteiger charge is 2.32. The molecule has 0 fully saturated rings. The van der Waals surface area contributed by atoms with Gasteiger partial charge in [-0.2, -0.15) is 0 Å². The Morgan fingerprint density at radius 2 is 1.73 bits per heavy atom. The van der Waals surface area contributed by atoms with Crippen LogP contribution in [-0.2, 0) is 0 Å². The smallest absolute Gasteiger partial charge is 0.206 e. The highest BCUT2D eigenvalue weighted by atomic mass is 35.5. The first-order valence-electron chi connectivity index (χ1n) is 9.76. The lowest BCUT2D eigenvalue weighted by Crippen LogP contribution is -2.87. The Morgan fingerprint density at radius 1 is 0.967 bits per heavy atom. The summed E-state index contributed by atoms with van der Waals surface area (Å²) >= 11 is 6.23. The molecule has 0 saturated heterocycles. The maximum Gasteiger partial charge on any atom is 0.206 e. The first-order valence-corrected chi connectivity index (χ1v) is 10.1. The van der Waals surface area contributed by atoms with Crippen LogP contribution in [0, 0.1) is 0 Å². The topological polar surface area (TPSA) is 67.7 Å². The number of halogens is 1. The molecular weight excluding hydrogens is 400 g/mol. The second-order valence-corrected chi connectivity index (χ2v) is 7.64. The summed E-state index contributed by atoms with van der Waals surface area (Å²) in [6.45, 7) is 0. The van der Waals surface area contributed by atoms with E-state index in [9.17, 15) is 5.11 Å². The molecule has 30 heavy (non-hydrogen) atoms. The Bertz CT molecular complexity index is 1070. The number of aliphatic imine (C=N–C) groups is 1. The third-order valence-corrected chi connectivity index (χ3v) is 5.60. The van der Waals surface area contributed by atoms with Crippen LogP contribution in [0.25, 0.3) is 0 Å². The Labute approximate surface area is 180 Å². The van der Waals surface area contributed by atoms with E-state index in [0.29, 0.717) is 22.9 Å². The fourth-order valence-corrected chi connectivity index (χ4v) is 4.02. The molecule has 0 spiro atoms. The number of nitrogens with zero attached hydrogens (tertiary/aromatic N) is 1. The van der Waals surface area contributed by atoms with Crippen LogP contribution in [0.4, 0.5) is 0 Å². The van der Waals surface area contributed by atoms with Crippen molar-refractivity contribution in [1.29, 1.82) is 0 Å². The number of nitrogens with two attached hydrogens (primary N) is 1. The first kappa shape index (κ1) is 20.3. The highest BCUT2D eigenvalue weighted by Crippen LogP contribution is 2.34. The molecule has 3 aromatic rings. The average molecular weight is 424 g/mol. The van der Waals surface area contributed by atoms with Gasteiger partial charge in [0.1, 0.15) is 11.8 Å². The van der Waals surface area contributed by atoms with Gasteiger partial charge in [0.15, 0.2) is 11.5 Å². The molecule has 0 amide bonds. The van der Waals surface area contributed by atoms with E-state index >= 15 is 0 Å². The molecule has 0 aromatic heterocycles. The summed E-state index contributed by atoms with van der Waals surface area (Å²) in [5.74, 6) is 1.57. The fourth-order valence-electron chi connectivity index (χ4n) is 3.84. The van der Waals surface area contributed by atoms with Crippen LogP contribution in [0.5, 0.6) is 17.2 Å². The van der Waals surface area contributed by atoms with Gasteiger partial charge in [0.2, 0.25) is 6.17 Å². The van der Waals surface area contributed by atoms with Crippen molar-refractivity contribution in [3.05, 3.63) is 88.4 Å². The summed E-state index contributed by atoms with van der Waals surface area (Å²) in [5, 5.41) is 13.2. The van der Waals surface area contributed by atoms with Crippen molar-refractivity contribution in [1.82, 2.24) is 0 Å². The van der Waals surface area contributed by atoms with E-state index in [4.69, 9.17) is 26.1 Å². The van der Waals surface area contributed by atoms with Gasteiger partial charge in [-0.3, -0.25) is 0 Å². The predicted octanol–water partition coefficient (Wildman–Crippen LogP) is 4.26. The molecule has 0 bridgehead atoms. The maximum atomic E-state index is 10.5. The number of phenols is 1. The number of rotatable bonds is 5. The van der Waals surface area contributed by atoms with Gasteiger partial charge in [0.05, 0.1) is 25.5 Å². The molecular formula is C24H24ClN2O3+. The molecule has 1 heterocycles. The van der Waals surface area contributed by atoms with Crippen molar-refractivity contribution in [2.45, 2.75) is 18.6 Å². The average Bonchev–Trinajstić information content (AvgIpc) is 2.80. The molecule has 6 heteroatoms. The summed E-state index contributed by atoms with van der Waals surface area (Å²) in [6.07, 6.45) is 0.485.